The van der Waals surface area contributed by atoms with Crippen LogP contribution in [0.3, 0.4) is 0 Å². The SMILES string of the molecule is CCC(CC)N(C)CCC(N)c1ccccc1Br. The molecule has 0 aliphatic heterocycles. The molecule has 0 saturated carbocycles. The summed E-state index contributed by atoms with van der Waals surface area (Å²) in [6.45, 7) is 5.55. The van der Waals surface area contributed by atoms with Crippen molar-refractivity contribution in [1.82, 2.24) is 4.90 Å². The first kappa shape index (κ1) is 15.7. The Kier molecular flexibility index (Phi) is 6.90. The van der Waals surface area contributed by atoms with Crippen molar-refractivity contribution in [1.29, 1.82) is 0 Å². The molecule has 2 nitrogen and oxygen atoms in total. The van der Waals surface area contributed by atoms with Crippen LogP contribution in [0.2, 0.25) is 0 Å². The minimum atomic E-state index is 0.109. The lowest BCUT2D eigenvalue weighted by Crippen LogP contribution is -2.33. The molecular weight excluding hydrogens is 288 g/mol. The smallest absolute Gasteiger partial charge is 0.0318 e. The monoisotopic (exact) mass is 312 g/mol. The van der Waals surface area contributed by atoms with Crippen LogP contribution in [0.4, 0.5) is 0 Å². The van der Waals surface area contributed by atoms with Crippen LogP contribution in [0.25, 0.3) is 0 Å². The third-order valence-corrected chi connectivity index (χ3v) is 4.39. The van der Waals surface area contributed by atoms with Crippen molar-refractivity contribution in [3.05, 3.63) is 34.3 Å². The lowest BCUT2D eigenvalue weighted by Gasteiger charge is -2.27. The van der Waals surface area contributed by atoms with E-state index in [0.29, 0.717) is 6.04 Å². The lowest BCUT2D eigenvalue weighted by atomic mass is 10.0. The van der Waals surface area contributed by atoms with E-state index in [4.69, 9.17) is 5.73 Å². The molecule has 0 amide bonds. The number of benzene rings is 1. The van der Waals surface area contributed by atoms with Gasteiger partial charge in [0, 0.05) is 16.6 Å². The maximum atomic E-state index is 6.27. The molecule has 0 heterocycles. The highest BCUT2D eigenvalue weighted by atomic mass is 79.9. The zero-order valence-corrected chi connectivity index (χ0v) is 13.3. The Balaban J connectivity index is 2.51. The molecule has 1 unspecified atom stereocenters. The van der Waals surface area contributed by atoms with Gasteiger partial charge in [0.2, 0.25) is 0 Å². The predicted octanol–water partition coefficient (Wildman–Crippen LogP) is 3.96. The zero-order chi connectivity index (χ0) is 13.5. The molecule has 2 N–H and O–H groups in total. The Morgan fingerprint density at radius 1 is 1.22 bits per heavy atom. The zero-order valence-electron chi connectivity index (χ0n) is 11.7. The second-order valence-corrected chi connectivity index (χ2v) is 5.72. The molecule has 1 aromatic carbocycles. The van der Waals surface area contributed by atoms with Gasteiger partial charge in [-0.05, 0) is 44.5 Å². The number of halogens is 1. The van der Waals surface area contributed by atoms with E-state index in [1.54, 1.807) is 0 Å². The maximum absolute atomic E-state index is 6.27. The Labute approximate surface area is 120 Å². The van der Waals surface area contributed by atoms with Gasteiger partial charge in [0.05, 0.1) is 0 Å². The van der Waals surface area contributed by atoms with Gasteiger partial charge in [-0.3, -0.25) is 0 Å². The maximum Gasteiger partial charge on any atom is 0.0318 e. The Hall–Kier alpha value is -0.380. The number of rotatable bonds is 7. The van der Waals surface area contributed by atoms with Crippen LogP contribution in [0, 0.1) is 0 Å². The molecule has 1 aromatic rings. The molecule has 0 aromatic heterocycles. The molecule has 0 radical (unpaired) electrons. The van der Waals surface area contributed by atoms with Crippen LogP contribution in [0.15, 0.2) is 28.7 Å². The molecule has 0 saturated heterocycles. The fourth-order valence-corrected chi connectivity index (χ4v) is 2.95. The molecule has 1 rings (SSSR count). The molecule has 0 bridgehead atoms. The lowest BCUT2D eigenvalue weighted by molar-refractivity contribution is 0.222. The van der Waals surface area contributed by atoms with E-state index < -0.39 is 0 Å². The topological polar surface area (TPSA) is 29.3 Å². The average Bonchev–Trinajstić information content (AvgIpc) is 2.38. The Bertz CT molecular complexity index is 350. The van der Waals surface area contributed by atoms with Crippen LogP contribution in [0.5, 0.6) is 0 Å². The molecular formula is C15H25BrN2. The predicted molar refractivity (Wildman–Crippen MR) is 82.7 cm³/mol. The standard InChI is InChI=1S/C15H25BrN2/c1-4-12(5-2)18(3)11-10-15(17)13-8-6-7-9-14(13)16/h6-9,12,15H,4-5,10-11,17H2,1-3H3. The normalized spacial score (nSPS) is 13.3. The van der Waals surface area contributed by atoms with Gasteiger partial charge in [0.25, 0.3) is 0 Å². The van der Waals surface area contributed by atoms with Crippen LogP contribution >= 0.6 is 15.9 Å². The number of hydrogen-bond donors (Lipinski definition) is 1. The first-order valence-corrected chi connectivity index (χ1v) is 7.59. The van der Waals surface area contributed by atoms with E-state index >= 15 is 0 Å². The van der Waals surface area contributed by atoms with Crippen LogP contribution in [-0.2, 0) is 0 Å². The summed E-state index contributed by atoms with van der Waals surface area (Å²) in [5.41, 5.74) is 7.47. The third kappa shape index (κ3) is 4.38. The number of hydrogen-bond acceptors (Lipinski definition) is 2. The van der Waals surface area contributed by atoms with Crippen molar-refractivity contribution in [3.63, 3.8) is 0 Å². The minimum Gasteiger partial charge on any atom is -0.324 e. The summed E-state index contributed by atoms with van der Waals surface area (Å²) in [5, 5.41) is 0. The van der Waals surface area contributed by atoms with Crippen molar-refractivity contribution >= 4 is 15.9 Å². The van der Waals surface area contributed by atoms with Crippen LogP contribution in [-0.4, -0.2) is 24.5 Å². The summed E-state index contributed by atoms with van der Waals surface area (Å²) in [7, 11) is 2.20. The van der Waals surface area contributed by atoms with Crippen molar-refractivity contribution in [2.45, 2.75) is 45.2 Å². The highest BCUT2D eigenvalue weighted by Crippen LogP contribution is 2.24. The molecule has 0 fully saturated rings. The van der Waals surface area contributed by atoms with E-state index in [1.165, 1.54) is 18.4 Å². The molecule has 3 heteroatoms. The number of nitrogens with two attached hydrogens (primary N) is 1. The summed E-state index contributed by atoms with van der Waals surface area (Å²) in [6.07, 6.45) is 3.41. The third-order valence-electron chi connectivity index (χ3n) is 3.66. The second kappa shape index (κ2) is 7.93. The van der Waals surface area contributed by atoms with Gasteiger partial charge in [-0.15, -0.1) is 0 Å². The molecule has 0 aliphatic rings. The highest BCUT2D eigenvalue weighted by molar-refractivity contribution is 9.10. The van der Waals surface area contributed by atoms with Gasteiger partial charge in [-0.1, -0.05) is 48.0 Å². The van der Waals surface area contributed by atoms with E-state index in [2.05, 4.69) is 53.9 Å². The first-order chi connectivity index (χ1) is 8.60. The van der Waals surface area contributed by atoms with E-state index in [0.717, 1.165) is 17.4 Å². The van der Waals surface area contributed by atoms with E-state index in [1.807, 2.05) is 12.1 Å². The first-order valence-electron chi connectivity index (χ1n) is 6.80. The van der Waals surface area contributed by atoms with Gasteiger partial charge in [-0.2, -0.15) is 0 Å². The van der Waals surface area contributed by atoms with E-state index in [9.17, 15) is 0 Å². The van der Waals surface area contributed by atoms with Gasteiger partial charge in [0.1, 0.15) is 0 Å². The van der Waals surface area contributed by atoms with Crippen molar-refractivity contribution in [2.24, 2.45) is 5.73 Å². The highest BCUT2D eigenvalue weighted by Gasteiger charge is 2.14. The molecule has 0 aliphatic carbocycles. The quantitative estimate of drug-likeness (QED) is 0.825. The molecule has 0 spiro atoms. The largest absolute Gasteiger partial charge is 0.324 e. The van der Waals surface area contributed by atoms with Crippen molar-refractivity contribution < 1.29 is 0 Å². The fourth-order valence-electron chi connectivity index (χ4n) is 2.37. The fraction of sp³-hybridized carbons (Fsp3) is 0.600. The summed E-state index contributed by atoms with van der Waals surface area (Å²) in [4.78, 5) is 2.43. The summed E-state index contributed by atoms with van der Waals surface area (Å²) >= 11 is 3.57. The summed E-state index contributed by atoms with van der Waals surface area (Å²) in [6, 6.07) is 9.01. The van der Waals surface area contributed by atoms with Gasteiger partial charge < -0.3 is 10.6 Å². The number of nitrogens with zero attached hydrogens (tertiary/aromatic N) is 1. The van der Waals surface area contributed by atoms with Gasteiger partial charge in [-0.25, -0.2) is 0 Å². The minimum absolute atomic E-state index is 0.109. The van der Waals surface area contributed by atoms with Crippen LogP contribution < -0.4 is 5.73 Å². The summed E-state index contributed by atoms with van der Waals surface area (Å²) in [5.74, 6) is 0. The Morgan fingerprint density at radius 2 is 1.83 bits per heavy atom. The average molecular weight is 313 g/mol. The van der Waals surface area contributed by atoms with Gasteiger partial charge >= 0.3 is 0 Å². The van der Waals surface area contributed by atoms with E-state index in [-0.39, 0.29) is 6.04 Å². The molecule has 18 heavy (non-hydrogen) atoms. The Morgan fingerprint density at radius 3 is 2.39 bits per heavy atom. The van der Waals surface area contributed by atoms with Crippen molar-refractivity contribution in [3.8, 4) is 0 Å². The molecule has 1 atom stereocenters. The summed E-state index contributed by atoms with van der Waals surface area (Å²) < 4.78 is 1.11. The van der Waals surface area contributed by atoms with Crippen LogP contribution in [0.1, 0.15) is 44.7 Å². The van der Waals surface area contributed by atoms with Gasteiger partial charge in [0.15, 0.2) is 0 Å². The molecule has 102 valence electrons. The second-order valence-electron chi connectivity index (χ2n) is 4.87. The van der Waals surface area contributed by atoms with Crippen molar-refractivity contribution in [2.75, 3.05) is 13.6 Å².